The molecular formula is C40H57N3O15S2. The lowest BCUT2D eigenvalue weighted by molar-refractivity contribution is -0.130. The van der Waals surface area contributed by atoms with Crippen molar-refractivity contribution >= 4 is 33.8 Å². The molecule has 18 nitrogen and oxygen atoms in total. The number of nitrogens with zero attached hydrogens (tertiary/aromatic N) is 1. The molecule has 334 valence electrons. The maximum absolute atomic E-state index is 13.2. The second kappa shape index (κ2) is 25.5. The molecule has 16 N–H and O–H groups in total. The van der Waals surface area contributed by atoms with Crippen molar-refractivity contribution in [3.05, 3.63) is 89.0 Å². The highest BCUT2D eigenvalue weighted by Gasteiger charge is 2.34. The fourth-order valence-electron chi connectivity index (χ4n) is 5.94. The third kappa shape index (κ3) is 16.5. The second-order valence-corrected chi connectivity index (χ2v) is 16.3. The van der Waals surface area contributed by atoms with Crippen LogP contribution < -0.4 is 16.2 Å². The molecule has 0 aliphatic carbocycles. The van der Waals surface area contributed by atoms with Gasteiger partial charge >= 0.3 is 0 Å². The van der Waals surface area contributed by atoms with Crippen LogP contribution in [0.3, 0.4) is 0 Å². The van der Waals surface area contributed by atoms with E-state index in [1.54, 1.807) is 42.5 Å². The Morgan fingerprint density at radius 2 is 1.03 bits per heavy atom. The number of nitrogens with two attached hydrogens (primary N) is 2. The lowest BCUT2D eigenvalue weighted by atomic mass is 10.0. The molecule has 0 spiro atoms. The smallest absolute Gasteiger partial charge is 0.206 e. The van der Waals surface area contributed by atoms with Gasteiger partial charge in [0, 0.05) is 31.1 Å². The minimum atomic E-state index is -1.96. The van der Waals surface area contributed by atoms with Crippen molar-refractivity contribution in [2.45, 2.75) is 85.3 Å². The van der Waals surface area contributed by atoms with E-state index in [-0.39, 0.29) is 59.2 Å². The molecule has 0 heterocycles. The van der Waals surface area contributed by atoms with Crippen molar-refractivity contribution < 1.29 is 75.6 Å². The molecule has 0 aliphatic heterocycles. The summed E-state index contributed by atoms with van der Waals surface area (Å²) in [4.78, 5) is 27.5. The molecule has 0 aliphatic rings. The van der Waals surface area contributed by atoms with Crippen molar-refractivity contribution in [3.8, 4) is 17.2 Å². The van der Waals surface area contributed by atoms with E-state index < -0.39 is 87.2 Å². The standard InChI is InChI=1S/C40H57N3O15S2/c41-29(13-22-3-1-5-26(46)11-22)39(56)59-20-24-7-8-28(15-25(24)21-60-40(57)30(42)14-23-4-2-6-27(47)12-23)58-10-9-43(16-31(48)35(52)37(54)33(50)18-44)17-32(49)36(53)38(55)34(51)19-45/h1-8,11-12,15,29-38,44-55H,9-10,13-14,16-21,41-42H2/t29-,30-,31-,32-,33+,34+,35+,36+,37+,38+/m0/s1. The zero-order valence-electron chi connectivity index (χ0n) is 32.7. The molecule has 3 aromatic rings. The molecule has 20 heteroatoms. The van der Waals surface area contributed by atoms with Gasteiger partial charge in [-0.1, -0.05) is 53.9 Å². The molecule has 60 heavy (non-hydrogen) atoms. The number of rotatable bonds is 26. The molecule has 3 aromatic carbocycles. The van der Waals surface area contributed by atoms with Crippen molar-refractivity contribution in [1.82, 2.24) is 4.90 Å². The summed E-state index contributed by atoms with van der Waals surface area (Å²) in [5.41, 5.74) is 15.0. The summed E-state index contributed by atoms with van der Waals surface area (Å²) in [5, 5.41) is 119. The van der Waals surface area contributed by atoms with Crippen molar-refractivity contribution in [3.63, 3.8) is 0 Å². The van der Waals surface area contributed by atoms with Crippen molar-refractivity contribution in [2.24, 2.45) is 11.5 Å². The van der Waals surface area contributed by atoms with Gasteiger partial charge in [0.15, 0.2) is 0 Å². The molecule has 10 atom stereocenters. The number of hydrogen-bond donors (Lipinski definition) is 14. The predicted octanol–water partition coefficient (Wildman–Crippen LogP) is -2.69. The highest BCUT2D eigenvalue weighted by Crippen LogP contribution is 2.28. The van der Waals surface area contributed by atoms with Gasteiger partial charge in [-0.25, -0.2) is 0 Å². The Balaban J connectivity index is 1.78. The molecule has 0 saturated heterocycles. The maximum Gasteiger partial charge on any atom is 0.206 e. The Labute approximate surface area is 355 Å². The Morgan fingerprint density at radius 3 is 1.47 bits per heavy atom. The normalized spacial score (nSPS) is 16.9. The Hall–Kier alpha value is -3.42. The number of carbonyl (C=O) groups excluding carboxylic acids is 2. The van der Waals surface area contributed by atoms with Crippen LogP contribution in [0.5, 0.6) is 17.2 Å². The van der Waals surface area contributed by atoms with Crippen LogP contribution in [-0.4, -0.2) is 177 Å². The van der Waals surface area contributed by atoms with Gasteiger partial charge in [0.1, 0.15) is 60.5 Å². The number of thioether (sulfide) groups is 2. The highest BCUT2D eigenvalue weighted by molar-refractivity contribution is 8.13. The molecular weight excluding hydrogens is 827 g/mol. The Bertz CT molecular complexity index is 1750. The first-order chi connectivity index (χ1) is 28.4. The van der Waals surface area contributed by atoms with Gasteiger partial charge in [0.05, 0.1) is 37.5 Å². The number of phenols is 2. The minimum Gasteiger partial charge on any atom is -0.508 e. The van der Waals surface area contributed by atoms with Gasteiger partial charge in [0.2, 0.25) is 10.2 Å². The van der Waals surface area contributed by atoms with Gasteiger partial charge in [-0.3, -0.25) is 14.5 Å². The number of hydrogen-bond acceptors (Lipinski definition) is 20. The molecule has 3 rings (SSSR count). The van der Waals surface area contributed by atoms with E-state index >= 15 is 0 Å². The zero-order chi connectivity index (χ0) is 44.5. The van der Waals surface area contributed by atoms with E-state index in [1.165, 1.54) is 29.2 Å². The van der Waals surface area contributed by atoms with Crippen LogP contribution >= 0.6 is 23.5 Å². The summed E-state index contributed by atoms with van der Waals surface area (Å²) in [6, 6.07) is 16.0. The summed E-state index contributed by atoms with van der Waals surface area (Å²) < 4.78 is 5.98. The van der Waals surface area contributed by atoms with Crippen LogP contribution in [-0.2, 0) is 33.9 Å². The van der Waals surface area contributed by atoms with Crippen LogP contribution in [0.2, 0.25) is 0 Å². The Kier molecular flexibility index (Phi) is 21.6. The first-order valence-electron chi connectivity index (χ1n) is 19.0. The van der Waals surface area contributed by atoms with Gasteiger partial charge in [0.25, 0.3) is 0 Å². The lowest BCUT2D eigenvalue weighted by Gasteiger charge is -2.33. The van der Waals surface area contributed by atoms with E-state index in [4.69, 9.17) is 26.4 Å². The molecule has 0 unspecified atom stereocenters. The van der Waals surface area contributed by atoms with Gasteiger partial charge in [-0.05, 0) is 71.5 Å². The number of phenolic OH excluding ortho intramolecular Hbond substituents is 2. The maximum atomic E-state index is 13.2. The summed E-state index contributed by atoms with van der Waals surface area (Å²) in [6.07, 6.45) is -14.6. The number of aliphatic hydroxyl groups excluding tert-OH is 10. The third-order valence-corrected chi connectivity index (χ3v) is 11.6. The Morgan fingerprint density at radius 1 is 0.600 bits per heavy atom. The van der Waals surface area contributed by atoms with Crippen molar-refractivity contribution in [1.29, 1.82) is 0 Å². The third-order valence-electron chi connectivity index (χ3n) is 9.47. The fourth-order valence-corrected chi connectivity index (χ4v) is 7.68. The summed E-state index contributed by atoms with van der Waals surface area (Å²) in [5.74, 6) is 0.674. The highest BCUT2D eigenvalue weighted by atomic mass is 32.2. The fraction of sp³-hybridized carbons (Fsp3) is 0.500. The minimum absolute atomic E-state index is 0.0361. The molecule has 0 bridgehead atoms. The quantitative estimate of drug-likeness (QED) is 0.0390. The zero-order valence-corrected chi connectivity index (χ0v) is 34.3. The lowest BCUT2D eigenvalue weighted by Crippen LogP contribution is -2.53. The topological polar surface area (TPSA) is 341 Å². The monoisotopic (exact) mass is 883 g/mol. The molecule has 0 saturated carbocycles. The van der Waals surface area contributed by atoms with Gasteiger partial charge in [-0.2, -0.15) is 0 Å². The number of ether oxygens (including phenoxy) is 1. The van der Waals surface area contributed by atoms with Crippen molar-refractivity contribution in [2.75, 3.05) is 39.5 Å². The van der Waals surface area contributed by atoms with Crippen LogP contribution in [0.4, 0.5) is 0 Å². The summed E-state index contributed by atoms with van der Waals surface area (Å²) in [6.45, 7) is -3.10. The molecule has 0 aromatic heterocycles. The van der Waals surface area contributed by atoms with E-state index in [0.717, 1.165) is 23.5 Å². The number of benzene rings is 3. The number of aromatic hydroxyl groups is 2. The van der Waals surface area contributed by atoms with E-state index in [0.29, 0.717) is 28.0 Å². The average molecular weight is 884 g/mol. The van der Waals surface area contributed by atoms with E-state index in [9.17, 15) is 60.7 Å². The first kappa shape index (κ1) is 50.9. The van der Waals surface area contributed by atoms with Gasteiger partial charge < -0.3 is 77.5 Å². The SMILES string of the molecule is N[C@@H](Cc1cccc(O)c1)C(=O)SCc1ccc(OCCN(C[C@H](O)[C@@H](O)[C@H](O)[C@H](O)CO)C[C@H](O)[C@@H](O)[C@H](O)[C@H](O)CO)cc1CSC(=O)[C@@H](N)Cc1cccc(O)c1. The summed E-state index contributed by atoms with van der Waals surface area (Å²) >= 11 is 1.92. The van der Waals surface area contributed by atoms with Crippen LogP contribution in [0.1, 0.15) is 22.3 Å². The molecule has 0 amide bonds. The van der Waals surface area contributed by atoms with Crippen LogP contribution in [0, 0.1) is 0 Å². The largest absolute Gasteiger partial charge is 0.508 e. The first-order valence-corrected chi connectivity index (χ1v) is 20.9. The van der Waals surface area contributed by atoms with Crippen LogP contribution in [0.25, 0.3) is 0 Å². The van der Waals surface area contributed by atoms with E-state index in [2.05, 4.69) is 0 Å². The van der Waals surface area contributed by atoms with Crippen LogP contribution in [0.15, 0.2) is 66.7 Å². The number of aliphatic hydroxyl groups is 10. The van der Waals surface area contributed by atoms with E-state index in [1.807, 2.05) is 0 Å². The summed E-state index contributed by atoms with van der Waals surface area (Å²) in [7, 11) is 0. The predicted molar refractivity (Wildman–Crippen MR) is 223 cm³/mol. The molecule has 0 radical (unpaired) electrons. The molecule has 0 fully saturated rings. The second-order valence-electron chi connectivity index (χ2n) is 14.3. The van der Waals surface area contributed by atoms with Gasteiger partial charge in [-0.15, -0.1) is 0 Å². The average Bonchev–Trinajstić information content (AvgIpc) is 3.22. The number of carbonyl (C=O) groups is 2.